The first-order chi connectivity index (χ1) is 8.54. The Labute approximate surface area is 106 Å². The molecule has 0 atom stereocenters. The largest absolute Gasteiger partial charge is 0.383 e. The van der Waals surface area contributed by atoms with E-state index < -0.39 is 9.84 Å². The van der Waals surface area contributed by atoms with Crippen molar-refractivity contribution >= 4 is 15.7 Å². The molecule has 18 heavy (non-hydrogen) atoms. The number of nitrogen functional groups attached to an aromatic ring is 1. The van der Waals surface area contributed by atoms with Crippen LogP contribution in [0.25, 0.3) is 11.1 Å². The molecule has 2 rings (SSSR count). The predicted molar refractivity (Wildman–Crippen MR) is 71.8 cm³/mol. The SMILES string of the molecule is CCS(=O)(=O)c1ccc(-c2cccnc2N)cc1. The Kier molecular flexibility index (Phi) is 3.34. The van der Waals surface area contributed by atoms with Crippen LogP contribution >= 0.6 is 0 Å². The van der Waals surface area contributed by atoms with Gasteiger partial charge in [-0.2, -0.15) is 0 Å². The summed E-state index contributed by atoms with van der Waals surface area (Å²) in [6.07, 6.45) is 1.62. The summed E-state index contributed by atoms with van der Waals surface area (Å²) in [5.41, 5.74) is 7.43. The van der Waals surface area contributed by atoms with E-state index in [0.717, 1.165) is 11.1 Å². The number of nitrogens with zero attached hydrogens (tertiary/aromatic N) is 1. The maximum Gasteiger partial charge on any atom is 0.178 e. The zero-order valence-electron chi connectivity index (χ0n) is 10.00. The Morgan fingerprint density at radius 3 is 2.39 bits per heavy atom. The van der Waals surface area contributed by atoms with E-state index in [4.69, 9.17) is 5.73 Å². The van der Waals surface area contributed by atoms with Gasteiger partial charge >= 0.3 is 0 Å². The normalized spacial score (nSPS) is 11.4. The van der Waals surface area contributed by atoms with Crippen molar-refractivity contribution in [2.45, 2.75) is 11.8 Å². The highest BCUT2D eigenvalue weighted by molar-refractivity contribution is 7.91. The second-order valence-electron chi connectivity index (χ2n) is 3.86. The van der Waals surface area contributed by atoms with Gasteiger partial charge in [-0.15, -0.1) is 0 Å². The van der Waals surface area contributed by atoms with Crippen molar-refractivity contribution in [1.82, 2.24) is 4.98 Å². The van der Waals surface area contributed by atoms with Crippen molar-refractivity contribution in [2.75, 3.05) is 11.5 Å². The molecule has 0 spiro atoms. The summed E-state index contributed by atoms with van der Waals surface area (Å²) < 4.78 is 23.4. The minimum Gasteiger partial charge on any atom is -0.383 e. The van der Waals surface area contributed by atoms with Gasteiger partial charge in [-0.1, -0.05) is 19.1 Å². The fourth-order valence-corrected chi connectivity index (χ4v) is 2.55. The highest BCUT2D eigenvalue weighted by Gasteiger charge is 2.11. The first kappa shape index (κ1) is 12.6. The van der Waals surface area contributed by atoms with E-state index in [-0.39, 0.29) is 5.75 Å². The molecule has 0 saturated carbocycles. The van der Waals surface area contributed by atoms with Crippen LogP contribution in [0.3, 0.4) is 0 Å². The number of pyridine rings is 1. The smallest absolute Gasteiger partial charge is 0.178 e. The number of hydrogen-bond acceptors (Lipinski definition) is 4. The standard InChI is InChI=1S/C13H14N2O2S/c1-2-18(16,17)11-7-5-10(6-8-11)12-4-3-9-15-13(12)14/h3-9H,2H2,1H3,(H2,14,15). The molecule has 0 fully saturated rings. The van der Waals surface area contributed by atoms with Gasteiger partial charge in [0.25, 0.3) is 0 Å². The highest BCUT2D eigenvalue weighted by Crippen LogP contribution is 2.25. The molecule has 2 aromatic rings. The van der Waals surface area contributed by atoms with Crippen LogP contribution in [0, 0.1) is 0 Å². The molecule has 0 saturated heterocycles. The third-order valence-corrected chi connectivity index (χ3v) is 4.49. The zero-order chi connectivity index (χ0) is 13.2. The van der Waals surface area contributed by atoms with Gasteiger partial charge in [-0.3, -0.25) is 0 Å². The van der Waals surface area contributed by atoms with Crippen LogP contribution < -0.4 is 5.73 Å². The lowest BCUT2D eigenvalue weighted by Gasteiger charge is -2.06. The number of nitrogens with two attached hydrogens (primary N) is 1. The van der Waals surface area contributed by atoms with Crippen LogP contribution in [0.2, 0.25) is 0 Å². The van der Waals surface area contributed by atoms with E-state index in [1.165, 1.54) is 0 Å². The number of benzene rings is 1. The third-order valence-electron chi connectivity index (χ3n) is 2.74. The molecule has 0 radical (unpaired) electrons. The van der Waals surface area contributed by atoms with Gasteiger partial charge < -0.3 is 5.73 Å². The van der Waals surface area contributed by atoms with Gasteiger partial charge in [-0.25, -0.2) is 13.4 Å². The van der Waals surface area contributed by atoms with E-state index in [1.54, 1.807) is 43.5 Å². The summed E-state index contributed by atoms with van der Waals surface area (Å²) in [6.45, 7) is 1.63. The molecule has 0 aliphatic heterocycles. The minimum absolute atomic E-state index is 0.0986. The molecule has 1 aromatic heterocycles. The Hall–Kier alpha value is -1.88. The number of rotatable bonds is 3. The van der Waals surface area contributed by atoms with Crippen LogP contribution in [0.4, 0.5) is 5.82 Å². The lowest BCUT2D eigenvalue weighted by atomic mass is 10.1. The minimum atomic E-state index is -3.15. The summed E-state index contributed by atoms with van der Waals surface area (Å²) >= 11 is 0. The van der Waals surface area contributed by atoms with E-state index >= 15 is 0 Å². The van der Waals surface area contributed by atoms with Gasteiger partial charge in [0.1, 0.15) is 5.82 Å². The summed E-state index contributed by atoms with van der Waals surface area (Å²) in [6, 6.07) is 10.3. The number of anilines is 1. The van der Waals surface area contributed by atoms with Crippen LogP contribution in [-0.2, 0) is 9.84 Å². The first-order valence-corrected chi connectivity index (χ1v) is 7.23. The van der Waals surface area contributed by atoms with Gasteiger partial charge in [0.05, 0.1) is 10.6 Å². The molecule has 5 heteroatoms. The summed E-state index contributed by atoms with van der Waals surface area (Å²) in [4.78, 5) is 4.33. The molecule has 1 aromatic carbocycles. The first-order valence-electron chi connectivity index (χ1n) is 5.58. The monoisotopic (exact) mass is 262 g/mol. The van der Waals surface area contributed by atoms with Crippen LogP contribution in [0.5, 0.6) is 0 Å². The predicted octanol–water partition coefficient (Wildman–Crippen LogP) is 2.12. The van der Waals surface area contributed by atoms with Crippen molar-refractivity contribution in [3.63, 3.8) is 0 Å². The molecular weight excluding hydrogens is 248 g/mol. The quantitative estimate of drug-likeness (QED) is 0.919. The fourth-order valence-electron chi connectivity index (χ4n) is 1.67. The van der Waals surface area contributed by atoms with Crippen molar-refractivity contribution in [3.8, 4) is 11.1 Å². The molecule has 0 aliphatic rings. The summed E-state index contributed by atoms with van der Waals surface area (Å²) in [5.74, 6) is 0.532. The van der Waals surface area contributed by atoms with E-state index in [9.17, 15) is 8.42 Å². The average molecular weight is 262 g/mol. The molecule has 2 N–H and O–H groups in total. The molecule has 94 valence electrons. The number of hydrogen-bond donors (Lipinski definition) is 1. The van der Waals surface area contributed by atoms with Crippen LogP contribution in [0.1, 0.15) is 6.92 Å². The molecule has 0 aliphatic carbocycles. The topological polar surface area (TPSA) is 73.0 Å². The number of aromatic nitrogens is 1. The molecule has 0 unspecified atom stereocenters. The van der Waals surface area contributed by atoms with Gasteiger partial charge in [0.15, 0.2) is 9.84 Å². The lowest BCUT2D eigenvalue weighted by molar-refractivity contribution is 0.597. The van der Waals surface area contributed by atoms with Crippen molar-refractivity contribution in [3.05, 3.63) is 42.6 Å². The second kappa shape index (κ2) is 4.78. The Morgan fingerprint density at radius 1 is 1.17 bits per heavy atom. The second-order valence-corrected chi connectivity index (χ2v) is 6.14. The molecular formula is C13H14N2O2S. The van der Waals surface area contributed by atoms with Gasteiger partial charge in [0.2, 0.25) is 0 Å². The summed E-state index contributed by atoms with van der Waals surface area (Å²) in [5, 5.41) is 0. The Balaban J connectivity index is 2.43. The van der Waals surface area contributed by atoms with Crippen molar-refractivity contribution in [2.24, 2.45) is 0 Å². The maximum absolute atomic E-state index is 11.7. The van der Waals surface area contributed by atoms with Crippen LogP contribution in [-0.4, -0.2) is 19.2 Å². The maximum atomic E-state index is 11.7. The fraction of sp³-hybridized carbons (Fsp3) is 0.154. The Bertz CT molecular complexity index is 649. The lowest BCUT2D eigenvalue weighted by Crippen LogP contribution is -2.03. The van der Waals surface area contributed by atoms with Gasteiger partial charge in [-0.05, 0) is 29.8 Å². The highest BCUT2D eigenvalue weighted by atomic mass is 32.2. The van der Waals surface area contributed by atoms with Crippen LogP contribution in [0.15, 0.2) is 47.5 Å². The van der Waals surface area contributed by atoms with E-state index in [2.05, 4.69) is 4.98 Å². The van der Waals surface area contributed by atoms with Crippen molar-refractivity contribution in [1.29, 1.82) is 0 Å². The van der Waals surface area contributed by atoms with E-state index in [1.807, 2.05) is 6.07 Å². The van der Waals surface area contributed by atoms with Gasteiger partial charge in [0, 0.05) is 11.8 Å². The molecule has 0 bridgehead atoms. The van der Waals surface area contributed by atoms with E-state index in [0.29, 0.717) is 10.7 Å². The molecule has 1 heterocycles. The van der Waals surface area contributed by atoms with Crippen molar-refractivity contribution < 1.29 is 8.42 Å². The Morgan fingerprint density at radius 2 is 1.83 bits per heavy atom. The number of sulfone groups is 1. The molecule has 4 nitrogen and oxygen atoms in total. The summed E-state index contributed by atoms with van der Waals surface area (Å²) in [7, 11) is -3.15. The molecule has 0 amide bonds. The zero-order valence-corrected chi connectivity index (χ0v) is 10.8. The third kappa shape index (κ3) is 2.36. The average Bonchev–Trinajstić information content (AvgIpc) is 2.39.